The molecule has 1 atom stereocenters. The summed E-state index contributed by atoms with van der Waals surface area (Å²) < 4.78 is 10.6. The smallest absolute Gasteiger partial charge is 0.276 e. The number of nitrogens with one attached hydrogen (secondary N) is 1. The molecular weight excluding hydrogens is 384 g/mol. The molecule has 2 fully saturated rings. The summed E-state index contributed by atoms with van der Waals surface area (Å²) >= 11 is 6.18. The van der Waals surface area contributed by atoms with Crippen molar-refractivity contribution in [2.75, 3.05) is 32.8 Å². The molecule has 1 aromatic carbocycles. The molecule has 28 heavy (non-hydrogen) atoms. The molecule has 0 saturated carbocycles. The highest BCUT2D eigenvalue weighted by Gasteiger charge is 2.36. The number of nitrogens with zero attached hydrogens (tertiary/aromatic N) is 3. The summed E-state index contributed by atoms with van der Waals surface area (Å²) in [7, 11) is 0. The summed E-state index contributed by atoms with van der Waals surface area (Å²) in [5, 5.41) is 6.25. The summed E-state index contributed by atoms with van der Waals surface area (Å²) in [6.07, 6.45) is 1.39. The Morgan fingerprint density at radius 1 is 1.18 bits per heavy atom. The molecule has 1 N–H and O–H groups in total. The number of halogens is 1. The minimum Gasteiger partial charge on any atom is -0.379 e. The van der Waals surface area contributed by atoms with E-state index in [9.17, 15) is 9.59 Å². The second-order valence-electron chi connectivity index (χ2n) is 6.79. The number of likely N-dealkylation sites (tertiary alicyclic amines) is 1. The van der Waals surface area contributed by atoms with E-state index >= 15 is 0 Å². The van der Waals surface area contributed by atoms with Crippen LogP contribution in [0.25, 0.3) is 11.3 Å². The molecule has 0 spiro atoms. The monoisotopic (exact) mass is 404 g/mol. The molecule has 148 valence electrons. The largest absolute Gasteiger partial charge is 0.379 e. The Balaban J connectivity index is 1.46. The van der Waals surface area contributed by atoms with Crippen molar-refractivity contribution in [1.82, 2.24) is 20.5 Å². The molecule has 3 heterocycles. The van der Waals surface area contributed by atoms with E-state index in [1.54, 1.807) is 23.1 Å². The first-order chi connectivity index (χ1) is 13.6. The zero-order valence-electron chi connectivity index (χ0n) is 15.3. The van der Waals surface area contributed by atoms with Crippen LogP contribution in [0.3, 0.4) is 0 Å². The fourth-order valence-electron chi connectivity index (χ4n) is 3.50. The van der Waals surface area contributed by atoms with Gasteiger partial charge in [-0.2, -0.15) is 0 Å². The Morgan fingerprint density at radius 2 is 1.96 bits per heavy atom. The number of rotatable bonds is 4. The molecule has 2 aliphatic rings. The predicted molar refractivity (Wildman–Crippen MR) is 102 cm³/mol. The molecule has 0 aliphatic carbocycles. The summed E-state index contributed by atoms with van der Waals surface area (Å²) in [6.45, 7) is 2.94. The molecule has 0 bridgehead atoms. The van der Waals surface area contributed by atoms with Crippen molar-refractivity contribution in [2.45, 2.75) is 18.9 Å². The molecule has 0 radical (unpaired) electrons. The average molecular weight is 405 g/mol. The third-order valence-corrected chi connectivity index (χ3v) is 5.29. The van der Waals surface area contributed by atoms with Crippen molar-refractivity contribution < 1.29 is 18.8 Å². The lowest BCUT2D eigenvalue weighted by molar-refractivity contribution is -0.131. The van der Waals surface area contributed by atoms with E-state index in [-0.39, 0.29) is 17.5 Å². The average Bonchev–Trinajstić information content (AvgIpc) is 3.39. The normalized spacial score (nSPS) is 20.3. The lowest BCUT2D eigenvalue weighted by atomic mass is 10.1. The number of hydrogen-bond acceptors (Lipinski definition) is 6. The Bertz CT molecular complexity index is 865. The lowest BCUT2D eigenvalue weighted by Gasteiger charge is -2.30. The topological polar surface area (TPSA) is 87.9 Å². The maximum Gasteiger partial charge on any atom is 0.276 e. The van der Waals surface area contributed by atoms with Gasteiger partial charge in [0.05, 0.1) is 18.2 Å². The fourth-order valence-corrected chi connectivity index (χ4v) is 3.73. The van der Waals surface area contributed by atoms with Gasteiger partial charge in [-0.15, -0.1) is 0 Å². The van der Waals surface area contributed by atoms with E-state index < -0.39 is 6.04 Å². The second-order valence-corrected chi connectivity index (χ2v) is 7.20. The van der Waals surface area contributed by atoms with Crippen LogP contribution in [0, 0.1) is 0 Å². The van der Waals surface area contributed by atoms with Gasteiger partial charge in [0.2, 0.25) is 0 Å². The predicted octanol–water partition coefficient (Wildman–Crippen LogP) is 1.96. The van der Waals surface area contributed by atoms with Gasteiger partial charge in [0.1, 0.15) is 6.04 Å². The standard InChI is InChI=1S/C19H21ClN4O4/c20-14-5-2-1-4-13(14)17-12-15(22-28-17)19(26)24-7-3-6-16(24)18(25)21-23-8-10-27-11-9-23/h1-2,4-5,12,16H,3,6-11H2,(H,21,25)/t16-/m1/s1. The zero-order valence-corrected chi connectivity index (χ0v) is 16.0. The van der Waals surface area contributed by atoms with Gasteiger partial charge in [0.25, 0.3) is 11.8 Å². The lowest BCUT2D eigenvalue weighted by Crippen LogP contribution is -2.54. The summed E-state index contributed by atoms with van der Waals surface area (Å²) in [4.78, 5) is 27.2. The van der Waals surface area contributed by atoms with E-state index in [0.29, 0.717) is 55.6 Å². The van der Waals surface area contributed by atoms with Crippen LogP contribution in [0.4, 0.5) is 0 Å². The quantitative estimate of drug-likeness (QED) is 0.838. The summed E-state index contributed by atoms with van der Waals surface area (Å²) in [5.41, 5.74) is 3.73. The molecule has 2 amide bonds. The van der Waals surface area contributed by atoms with Gasteiger partial charge in [-0.25, -0.2) is 5.01 Å². The highest BCUT2D eigenvalue weighted by atomic mass is 35.5. The van der Waals surface area contributed by atoms with Crippen molar-refractivity contribution in [1.29, 1.82) is 0 Å². The van der Waals surface area contributed by atoms with E-state index in [2.05, 4.69) is 10.6 Å². The third kappa shape index (κ3) is 3.89. The van der Waals surface area contributed by atoms with Crippen molar-refractivity contribution in [3.05, 3.63) is 41.0 Å². The maximum absolute atomic E-state index is 12.9. The molecule has 2 aromatic rings. The Hall–Kier alpha value is -2.42. The molecule has 2 aliphatic heterocycles. The minimum absolute atomic E-state index is 0.168. The Morgan fingerprint density at radius 3 is 2.75 bits per heavy atom. The van der Waals surface area contributed by atoms with E-state index in [4.69, 9.17) is 20.9 Å². The summed E-state index contributed by atoms with van der Waals surface area (Å²) in [6, 6.07) is 8.24. The van der Waals surface area contributed by atoms with Crippen LogP contribution in [0.15, 0.2) is 34.9 Å². The molecule has 1 aromatic heterocycles. The molecule has 9 heteroatoms. The van der Waals surface area contributed by atoms with E-state index in [0.717, 1.165) is 6.42 Å². The number of benzene rings is 1. The minimum atomic E-state index is -0.518. The van der Waals surface area contributed by atoms with Gasteiger partial charge >= 0.3 is 0 Å². The van der Waals surface area contributed by atoms with Crippen LogP contribution in [0.2, 0.25) is 5.02 Å². The van der Waals surface area contributed by atoms with Crippen LogP contribution >= 0.6 is 11.6 Å². The second kappa shape index (κ2) is 8.30. The number of hydrogen-bond donors (Lipinski definition) is 1. The number of carbonyl (C=O) groups is 2. The third-order valence-electron chi connectivity index (χ3n) is 4.96. The number of ether oxygens (including phenoxy) is 1. The van der Waals surface area contributed by atoms with Crippen LogP contribution in [0.1, 0.15) is 23.3 Å². The van der Waals surface area contributed by atoms with Crippen LogP contribution in [-0.4, -0.2) is 65.8 Å². The number of carbonyl (C=O) groups excluding carboxylic acids is 2. The van der Waals surface area contributed by atoms with E-state index in [1.807, 2.05) is 17.1 Å². The fraction of sp³-hybridized carbons (Fsp3) is 0.421. The highest BCUT2D eigenvalue weighted by molar-refractivity contribution is 6.33. The van der Waals surface area contributed by atoms with E-state index in [1.165, 1.54) is 0 Å². The van der Waals surface area contributed by atoms with Gasteiger partial charge in [-0.05, 0) is 25.0 Å². The molecule has 2 saturated heterocycles. The van der Waals surface area contributed by atoms with Gasteiger partial charge in [-0.3, -0.25) is 15.0 Å². The SMILES string of the molecule is O=C(NN1CCOCC1)[C@H]1CCCN1C(=O)c1cc(-c2ccccc2Cl)on1. The first-order valence-corrected chi connectivity index (χ1v) is 9.67. The molecular formula is C19H21ClN4O4. The Kier molecular flexibility index (Phi) is 5.61. The van der Waals surface area contributed by atoms with Crippen molar-refractivity contribution in [2.24, 2.45) is 0 Å². The van der Waals surface area contributed by atoms with Crippen LogP contribution in [-0.2, 0) is 9.53 Å². The van der Waals surface area contributed by atoms with Crippen molar-refractivity contribution >= 4 is 23.4 Å². The van der Waals surface area contributed by atoms with Gasteiger partial charge < -0.3 is 14.2 Å². The number of aromatic nitrogens is 1. The van der Waals surface area contributed by atoms with Crippen LogP contribution < -0.4 is 5.43 Å². The number of hydrazine groups is 1. The molecule has 4 rings (SSSR count). The van der Waals surface area contributed by atoms with Gasteiger partial charge in [-0.1, -0.05) is 28.9 Å². The van der Waals surface area contributed by atoms with Crippen LogP contribution in [0.5, 0.6) is 0 Å². The first kappa shape index (κ1) is 18.9. The van der Waals surface area contributed by atoms with Gasteiger partial charge in [0, 0.05) is 31.3 Å². The maximum atomic E-state index is 12.9. The van der Waals surface area contributed by atoms with Gasteiger partial charge in [0.15, 0.2) is 11.5 Å². The summed E-state index contributed by atoms with van der Waals surface area (Å²) in [5.74, 6) is -0.0771. The van der Waals surface area contributed by atoms with Crippen molar-refractivity contribution in [3.8, 4) is 11.3 Å². The number of morpholine rings is 1. The zero-order chi connectivity index (χ0) is 19.5. The number of amides is 2. The van der Waals surface area contributed by atoms with Crippen molar-refractivity contribution in [3.63, 3.8) is 0 Å². The first-order valence-electron chi connectivity index (χ1n) is 9.29. The molecule has 0 unspecified atom stereocenters. The Labute approximate surface area is 167 Å². The highest BCUT2D eigenvalue weighted by Crippen LogP contribution is 2.29. The molecule has 8 nitrogen and oxygen atoms in total.